The molecule has 0 saturated heterocycles. The number of benzene rings is 1. The molecule has 0 bridgehead atoms. The summed E-state index contributed by atoms with van der Waals surface area (Å²) in [6.07, 6.45) is 4.95. The van der Waals surface area contributed by atoms with E-state index in [1.807, 2.05) is 56.7 Å². The Kier molecular flexibility index (Phi) is 3.52. The van der Waals surface area contributed by atoms with Gasteiger partial charge in [0.15, 0.2) is 5.78 Å². The first kappa shape index (κ1) is 13.5. The number of hydrogen-bond acceptors (Lipinski definition) is 3. The number of Topliss-reactive ketones (excluding diaryl/α,β-unsaturated/α-hetero) is 1. The van der Waals surface area contributed by atoms with Crippen molar-refractivity contribution >= 4 is 16.7 Å². The van der Waals surface area contributed by atoms with E-state index in [0.717, 1.165) is 27.7 Å². The first-order chi connectivity index (χ1) is 10.1. The average molecular weight is 279 g/mol. The number of aromatic nitrogens is 3. The van der Waals surface area contributed by atoms with E-state index in [0.29, 0.717) is 12.8 Å². The highest BCUT2D eigenvalue weighted by Crippen LogP contribution is 2.20. The zero-order valence-corrected chi connectivity index (χ0v) is 12.2. The quantitative estimate of drug-likeness (QED) is 0.689. The minimum Gasteiger partial charge on any atom is -0.294 e. The van der Waals surface area contributed by atoms with Gasteiger partial charge in [0.25, 0.3) is 0 Å². The van der Waals surface area contributed by atoms with Crippen LogP contribution >= 0.6 is 0 Å². The second-order valence-corrected chi connectivity index (χ2v) is 5.27. The van der Waals surface area contributed by atoms with Crippen LogP contribution in [0.5, 0.6) is 0 Å². The predicted octanol–water partition coefficient (Wildman–Crippen LogP) is 3.09. The van der Waals surface area contributed by atoms with Gasteiger partial charge < -0.3 is 0 Å². The van der Waals surface area contributed by atoms with E-state index in [2.05, 4.69) is 10.1 Å². The van der Waals surface area contributed by atoms with Crippen molar-refractivity contribution in [3.63, 3.8) is 0 Å². The topological polar surface area (TPSA) is 47.8 Å². The molecule has 0 unspecified atom stereocenters. The Balaban J connectivity index is 1.87. The van der Waals surface area contributed by atoms with Crippen molar-refractivity contribution in [2.24, 2.45) is 7.05 Å². The van der Waals surface area contributed by atoms with Crippen molar-refractivity contribution in [1.82, 2.24) is 14.8 Å². The number of nitrogens with zero attached hydrogens (tertiary/aromatic N) is 3. The molecule has 4 nitrogen and oxygen atoms in total. The monoisotopic (exact) mass is 279 g/mol. The smallest absolute Gasteiger partial charge is 0.163 e. The van der Waals surface area contributed by atoms with Crippen molar-refractivity contribution in [2.45, 2.75) is 19.8 Å². The van der Waals surface area contributed by atoms with Crippen LogP contribution in [-0.4, -0.2) is 20.5 Å². The molecule has 0 atom stereocenters. The summed E-state index contributed by atoms with van der Waals surface area (Å²) in [5.41, 5.74) is 3.60. The van der Waals surface area contributed by atoms with Gasteiger partial charge in [-0.25, -0.2) is 0 Å². The molecule has 0 spiro atoms. The van der Waals surface area contributed by atoms with Gasteiger partial charge in [-0.15, -0.1) is 0 Å². The normalized spacial score (nSPS) is 11.0. The number of fused-ring (bicyclic) bond motifs is 1. The lowest BCUT2D eigenvalue weighted by Gasteiger charge is -2.06. The third-order valence-electron chi connectivity index (χ3n) is 3.54. The van der Waals surface area contributed by atoms with Crippen LogP contribution in [0.1, 0.15) is 28.0 Å². The van der Waals surface area contributed by atoms with Gasteiger partial charge in [0.1, 0.15) is 0 Å². The highest BCUT2D eigenvalue weighted by molar-refractivity contribution is 6.07. The molecule has 106 valence electrons. The number of pyridine rings is 1. The number of rotatable bonds is 4. The van der Waals surface area contributed by atoms with Gasteiger partial charge in [0, 0.05) is 36.3 Å². The fourth-order valence-corrected chi connectivity index (χ4v) is 2.53. The molecule has 0 saturated carbocycles. The lowest BCUT2D eigenvalue weighted by Crippen LogP contribution is -2.03. The lowest BCUT2D eigenvalue weighted by molar-refractivity contribution is 0.0984. The second kappa shape index (κ2) is 5.48. The molecule has 3 aromatic rings. The number of ketones is 1. The van der Waals surface area contributed by atoms with Gasteiger partial charge in [-0.3, -0.25) is 14.5 Å². The summed E-state index contributed by atoms with van der Waals surface area (Å²) >= 11 is 0. The van der Waals surface area contributed by atoms with E-state index < -0.39 is 0 Å². The Hall–Kier alpha value is -2.49. The molecule has 0 amide bonds. The molecule has 0 radical (unpaired) electrons. The van der Waals surface area contributed by atoms with Crippen molar-refractivity contribution < 1.29 is 4.79 Å². The largest absolute Gasteiger partial charge is 0.294 e. The first-order valence-corrected chi connectivity index (χ1v) is 7.00. The van der Waals surface area contributed by atoms with Crippen LogP contribution in [0, 0.1) is 6.92 Å². The molecule has 4 heteroatoms. The minimum absolute atomic E-state index is 0.153. The summed E-state index contributed by atoms with van der Waals surface area (Å²) in [6.45, 7) is 1.92. The first-order valence-electron chi connectivity index (χ1n) is 7.00. The summed E-state index contributed by atoms with van der Waals surface area (Å²) in [6, 6.07) is 9.67. The fourth-order valence-electron chi connectivity index (χ4n) is 2.53. The van der Waals surface area contributed by atoms with Gasteiger partial charge in [-0.05, 0) is 31.0 Å². The standard InChI is InChI=1S/C17H17N3O/c1-12-9-15(14-5-3-4-6-16(14)19-12)17(21)8-7-13-10-18-20(2)11-13/h3-6,9-11H,7-8H2,1-2H3. The fraction of sp³-hybridized carbons (Fsp3) is 0.235. The van der Waals surface area contributed by atoms with Crippen LogP contribution in [-0.2, 0) is 13.5 Å². The minimum atomic E-state index is 0.153. The van der Waals surface area contributed by atoms with Crippen LogP contribution in [0.3, 0.4) is 0 Å². The van der Waals surface area contributed by atoms with Crippen LogP contribution in [0.15, 0.2) is 42.7 Å². The molecule has 2 heterocycles. The molecule has 2 aromatic heterocycles. The van der Waals surface area contributed by atoms with Crippen molar-refractivity contribution in [2.75, 3.05) is 0 Å². The summed E-state index contributed by atoms with van der Waals surface area (Å²) < 4.78 is 1.76. The maximum absolute atomic E-state index is 12.5. The van der Waals surface area contributed by atoms with E-state index in [1.54, 1.807) is 4.68 Å². The number of carbonyl (C=O) groups excluding carboxylic acids is 1. The summed E-state index contributed by atoms with van der Waals surface area (Å²) in [7, 11) is 1.88. The molecular weight excluding hydrogens is 262 g/mol. The maximum atomic E-state index is 12.5. The number of hydrogen-bond donors (Lipinski definition) is 0. The molecule has 1 aromatic carbocycles. The molecule has 0 N–H and O–H groups in total. The summed E-state index contributed by atoms with van der Waals surface area (Å²) in [4.78, 5) is 17.0. The predicted molar refractivity (Wildman–Crippen MR) is 82.3 cm³/mol. The zero-order chi connectivity index (χ0) is 14.8. The Morgan fingerprint density at radius 2 is 2.10 bits per heavy atom. The van der Waals surface area contributed by atoms with Crippen LogP contribution in [0.2, 0.25) is 0 Å². The third-order valence-corrected chi connectivity index (χ3v) is 3.54. The highest BCUT2D eigenvalue weighted by Gasteiger charge is 2.12. The Labute approximate surface area is 123 Å². The number of carbonyl (C=O) groups is 1. The summed E-state index contributed by atoms with van der Waals surface area (Å²) in [5.74, 6) is 0.153. The molecule has 0 aliphatic rings. The van der Waals surface area contributed by atoms with E-state index >= 15 is 0 Å². The molecule has 0 aliphatic carbocycles. The molecule has 3 rings (SSSR count). The average Bonchev–Trinajstić information content (AvgIpc) is 2.89. The molecule has 0 fully saturated rings. The zero-order valence-electron chi connectivity index (χ0n) is 12.2. The molecular formula is C17H17N3O. The van der Waals surface area contributed by atoms with Crippen molar-refractivity contribution in [3.8, 4) is 0 Å². The SMILES string of the molecule is Cc1cc(C(=O)CCc2cnn(C)c2)c2ccccc2n1. The number of aryl methyl sites for hydroxylation is 3. The molecule has 0 aliphatic heterocycles. The Bertz CT molecular complexity index is 805. The molecule has 21 heavy (non-hydrogen) atoms. The van der Waals surface area contributed by atoms with Gasteiger partial charge in [0.05, 0.1) is 11.7 Å². The van der Waals surface area contributed by atoms with E-state index in [1.165, 1.54) is 0 Å². The highest BCUT2D eigenvalue weighted by atomic mass is 16.1. The van der Waals surface area contributed by atoms with Crippen molar-refractivity contribution in [3.05, 3.63) is 59.5 Å². The van der Waals surface area contributed by atoms with Gasteiger partial charge in [-0.1, -0.05) is 18.2 Å². The van der Waals surface area contributed by atoms with Crippen LogP contribution in [0.4, 0.5) is 0 Å². The third kappa shape index (κ3) is 2.84. The van der Waals surface area contributed by atoms with Crippen molar-refractivity contribution in [1.29, 1.82) is 0 Å². The van der Waals surface area contributed by atoms with E-state index in [4.69, 9.17) is 0 Å². The summed E-state index contributed by atoms with van der Waals surface area (Å²) in [5, 5.41) is 5.06. The van der Waals surface area contributed by atoms with Gasteiger partial charge in [0.2, 0.25) is 0 Å². The Morgan fingerprint density at radius 1 is 1.29 bits per heavy atom. The Morgan fingerprint density at radius 3 is 2.86 bits per heavy atom. The van der Waals surface area contributed by atoms with E-state index in [9.17, 15) is 4.79 Å². The second-order valence-electron chi connectivity index (χ2n) is 5.27. The van der Waals surface area contributed by atoms with Gasteiger partial charge >= 0.3 is 0 Å². The van der Waals surface area contributed by atoms with Crippen LogP contribution in [0.25, 0.3) is 10.9 Å². The number of para-hydroxylation sites is 1. The van der Waals surface area contributed by atoms with E-state index in [-0.39, 0.29) is 5.78 Å². The van der Waals surface area contributed by atoms with Crippen LogP contribution < -0.4 is 0 Å². The lowest BCUT2D eigenvalue weighted by atomic mass is 10.00. The maximum Gasteiger partial charge on any atom is 0.163 e. The van der Waals surface area contributed by atoms with Gasteiger partial charge in [-0.2, -0.15) is 5.10 Å².